The van der Waals surface area contributed by atoms with Crippen LogP contribution in [0.3, 0.4) is 0 Å². The largest absolute Gasteiger partial charge is 0.445 e. The summed E-state index contributed by atoms with van der Waals surface area (Å²) in [6.07, 6.45) is -2.77. The average molecular weight is 385 g/mol. The number of amides is 1. The van der Waals surface area contributed by atoms with Crippen LogP contribution in [0.4, 0.5) is 4.79 Å². The van der Waals surface area contributed by atoms with E-state index in [0.717, 1.165) is 5.56 Å². The predicted molar refractivity (Wildman–Crippen MR) is 94.5 cm³/mol. The monoisotopic (exact) mass is 384 g/mol. The van der Waals surface area contributed by atoms with Crippen LogP contribution in [0.5, 0.6) is 0 Å². The molecule has 0 aliphatic carbocycles. The van der Waals surface area contributed by atoms with E-state index in [2.05, 4.69) is 10.3 Å². The number of aliphatic hydroxyl groups excluding tert-OH is 2. The molecule has 1 heterocycles. The van der Waals surface area contributed by atoms with Crippen molar-refractivity contribution in [2.45, 2.75) is 25.2 Å². The van der Waals surface area contributed by atoms with E-state index in [9.17, 15) is 15.0 Å². The third-order valence-corrected chi connectivity index (χ3v) is 3.80. The first-order chi connectivity index (χ1) is 12.0. The van der Waals surface area contributed by atoms with Crippen molar-refractivity contribution in [3.8, 4) is 0 Å². The van der Waals surface area contributed by atoms with Gasteiger partial charge < -0.3 is 20.3 Å². The van der Waals surface area contributed by atoms with Gasteiger partial charge in [-0.15, -0.1) is 0 Å². The Labute approximate surface area is 155 Å². The lowest BCUT2D eigenvalue weighted by molar-refractivity contribution is 0.0136. The van der Waals surface area contributed by atoms with Crippen molar-refractivity contribution in [2.24, 2.45) is 0 Å². The molecule has 0 fully saturated rings. The van der Waals surface area contributed by atoms with Gasteiger partial charge in [0.15, 0.2) is 0 Å². The lowest BCUT2D eigenvalue weighted by Gasteiger charge is -2.18. The second-order valence-corrected chi connectivity index (χ2v) is 6.11. The molecule has 6 nitrogen and oxygen atoms in total. The lowest BCUT2D eigenvalue weighted by Crippen LogP contribution is -2.29. The first kappa shape index (κ1) is 19.5. The number of carbonyl (C=O) groups is 1. The highest BCUT2D eigenvalue weighted by Crippen LogP contribution is 2.23. The van der Waals surface area contributed by atoms with Crippen molar-refractivity contribution in [3.05, 3.63) is 63.9 Å². The van der Waals surface area contributed by atoms with Crippen LogP contribution in [0.2, 0.25) is 10.3 Å². The molecule has 2 unspecified atom stereocenters. The summed E-state index contributed by atoms with van der Waals surface area (Å²) in [5.41, 5.74) is 1.23. The zero-order chi connectivity index (χ0) is 18.2. The average Bonchev–Trinajstić information content (AvgIpc) is 2.59. The number of nitrogens with one attached hydrogen (secondary N) is 1. The van der Waals surface area contributed by atoms with Gasteiger partial charge in [0.05, 0.1) is 6.10 Å². The van der Waals surface area contributed by atoms with Crippen molar-refractivity contribution in [1.82, 2.24) is 10.3 Å². The van der Waals surface area contributed by atoms with E-state index in [-0.39, 0.29) is 29.9 Å². The van der Waals surface area contributed by atoms with Crippen LogP contribution in [0, 0.1) is 0 Å². The molecular weight excluding hydrogens is 367 g/mol. The summed E-state index contributed by atoms with van der Waals surface area (Å²) in [5.74, 6) is 0. The molecule has 25 heavy (non-hydrogen) atoms. The summed E-state index contributed by atoms with van der Waals surface area (Å²) in [7, 11) is 0. The number of aliphatic hydroxyl groups is 2. The fourth-order valence-corrected chi connectivity index (χ4v) is 2.61. The van der Waals surface area contributed by atoms with Crippen LogP contribution in [-0.4, -0.2) is 33.9 Å². The van der Waals surface area contributed by atoms with Gasteiger partial charge in [-0.05, 0) is 29.7 Å². The van der Waals surface area contributed by atoms with Gasteiger partial charge >= 0.3 is 6.09 Å². The van der Waals surface area contributed by atoms with Crippen LogP contribution < -0.4 is 5.32 Å². The molecule has 2 aromatic rings. The molecule has 0 saturated heterocycles. The van der Waals surface area contributed by atoms with E-state index in [1.165, 1.54) is 12.1 Å². The molecule has 8 heteroatoms. The quantitative estimate of drug-likeness (QED) is 0.637. The number of nitrogens with zero attached hydrogens (tertiary/aromatic N) is 1. The van der Waals surface area contributed by atoms with Gasteiger partial charge in [-0.1, -0.05) is 53.5 Å². The SMILES string of the molecule is O=C(NCCC(O)C(O)c1cc(Cl)nc(Cl)c1)OCc1ccccc1. The number of hydrogen-bond acceptors (Lipinski definition) is 5. The van der Waals surface area contributed by atoms with Crippen molar-refractivity contribution in [3.63, 3.8) is 0 Å². The number of carbonyl (C=O) groups excluding carboxylic acids is 1. The van der Waals surface area contributed by atoms with Crippen LogP contribution >= 0.6 is 23.2 Å². The molecule has 1 amide bonds. The Hall–Kier alpha value is -1.86. The number of pyridine rings is 1. The summed E-state index contributed by atoms with van der Waals surface area (Å²) < 4.78 is 5.05. The Bertz CT molecular complexity index is 680. The molecule has 0 bridgehead atoms. The van der Waals surface area contributed by atoms with E-state index < -0.39 is 18.3 Å². The molecule has 1 aromatic carbocycles. The number of halogens is 2. The molecule has 0 saturated carbocycles. The molecule has 3 N–H and O–H groups in total. The Morgan fingerprint density at radius 1 is 1.16 bits per heavy atom. The van der Waals surface area contributed by atoms with Gasteiger partial charge in [-0.2, -0.15) is 0 Å². The van der Waals surface area contributed by atoms with Crippen molar-refractivity contribution in [1.29, 1.82) is 0 Å². The first-order valence-corrected chi connectivity index (χ1v) is 8.35. The zero-order valence-electron chi connectivity index (χ0n) is 13.2. The van der Waals surface area contributed by atoms with Gasteiger partial charge in [0, 0.05) is 6.54 Å². The summed E-state index contributed by atoms with van der Waals surface area (Å²) in [6, 6.07) is 12.1. The number of ether oxygens (including phenoxy) is 1. The third kappa shape index (κ3) is 6.51. The summed E-state index contributed by atoms with van der Waals surface area (Å²) in [5, 5.41) is 22.9. The van der Waals surface area contributed by atoms with Crippen LogP contribution in [-0.2, 0) is 11.3 Å². The first-order valence-electron chi connectivity index (χ1n) is 7.59. The van der Waals surface area contributed by atoms with E-state index in [4.69, 9.17) is 27.9 Å². The molecule has 0 aliphatic rings. The topological polar surface area (TPSA) is 91.7 Å². The highest BCUT2D eigenvalue weighted by Gasteiger charge is 2.19. The van der Waals surface area contributed by atoms with Gasteiger partial charge in [0.25, 0.3) is 0 Å². The van der Waals surface area contributed by atoms with Crippen molar-refractivity contribution in [2.75, 3.05) is 6.54 Å². The third-order valence-electron chi connectivity index (χ3n) is 3.41. The Morgan fingerprint density at radius 3 is 2.44 bits per heavy atom. The van der Waals surface area contributed by atoms with E-state index >= 15 is 0 Å². The Morgan fingerprint density at radius 2 is 1.80 bits per heavy atom. The second-order valence-electron chi connectivity index (χ2n) is 5.34. The number of alkyl carbamates (subject to hydrolysis) is 1. The minimum Gasteiger partial charge on any atom is -0.445 e. The van der Waals surface area contributed by atoms with Crippen molar-refractivity contribution < 1.29 is 19.7 Å². The fourth-order valence-electron chi connectivity index (χ4n) is 2.13. The number of benzene rings is 1. The minimum atomic E-state index is -1.19. The number of aromatic nitrogens is 1. The lowest BCUT2D eigenvalue weighted by atomic mass is 10.0. The maximum atomic E-state index is 11.6. The molecule has 2 atom stereocenters. The zero-order valence-corrected chi connectivity index (χ0v) is 14.7. The van der Waals surface area contributed by atoms with E-state index in [1.54, 1.807) is 0 Å². The number of hydrogen-bond donors (Lipinski definition) is 3. The standard InChI is InChI=1S/C17H18Cl2N2O4/c18-14-8-12(9-15(19)21-14)16(23)13(22)6-7-20-17(24)25-10-11-4-2-1-3-5-11/h1-5,8-9,13,16,22-23H,6-7,10H2,(H,20,24). The van der Waals surface area contributed by atoms with Gasteiger partial charge in [0.2, 0.25) is 0 Å². The normalized spacial score (nSPS) is 13.1. The summed E-state index contributed by atoms with van der Waals surface area (Å²) >= 11 is 11.5. The van der Waals surface area contributed by atoms with Crippen LogP contribution in [0.25, 0.3) is 0 Å². The van der Waals surface area contributed by atoms with Gasteiger partial charge in [-0.3, -0.25) is 0 Å². The van der Waals surface area contributed by atoms with Gasteiger partial charge in [-0.25, -0.2) is 9.78 Å². The minimum absolute atomic E-state index is 0.122. The molecule has 0 spiro atoms. The van der Waals surface area contributed by atoms with Gasteiger partial charge in [0.1, 0.15) is 23.0 Å². The van der Waals surface area contributed by atoms with E-state index in [0.29, 0.717) is 5.56 Å². The highest BCUT2D eigenvalue weighted by atomic mass is 35.5. The molecule has 1 aromatic heterocycles. The summed E-state index contributed by atoms with van der Waals surface area (Å²) in [6.45, 7) is 0.296. The number of rotatable bonds is 7. The van der Waals surface area contributed by atoms with Crippen LogP contribution in [0.15, 0.2) is 42.5 Å². The molecule has 134 valence electrons. The maximum absolute atomic E-state index is 11.6. The molecule has 0 aliphatic heterocycles. The van der Waals surface area contributed by atoms with Crippen LogP contribution in [0.1, 0.15) is 23.7 Å². The molecular formula is C17H18Cl2N2O4. The smallest absolute Gasteiger partial charge is 0.407 e. The highest BCUT2D eigenvalue weighted by molar-refractivity contribution is 6.32. The Balaban J connectivity index is 1.73. The maximum Gasteiger partial charge on any atom is 0.407 e. The predicted octanol–water partition coefficient (Wildman–Crippen LogP) is 3.10. The molecule has 2 rings (SSSR count). The summed E-state index contributed by atoms with van der Waals surface area (Å²) in [4.78, 5) is 15.4. The fraction of sp³-hybridized carbons (Fsp3) is 0.294. The van der Waals surface area contributed by atoms with E-state index in [1.807, 2.05) is 30.3 Å². The Kier molecular flexibility index (Phi) is 7.46. The van der Waals surface area contributed by atoms with Crippen molar-refractivity contribution >= 4 is 29.3 Å². The second kappa shape index (κ2) is 9.58. The molecule has 0 radical (unpaired) electrons.